The van der Waals surface area contributed by atoms with Crippen LogP contribution in [0.15, 0.2) is 12.1 Å². The maximum absolute atomic E-state index is 13.0. The molecule has 0 radical (unpaired) electrons. The zero-order chi connectivity index (χ0) is 18.8. The summed E-state index contributed by atoms with van der Waals surface area (Å²) >= 11 is 11.7. The predicted molar refractivity (Wildman–Crippen MR) is 91.7 cm³/mol. The molecular weight excluding hydrogens is 371 g/mol. The normalized spacial score (nSPS) is 29.4. The minimum absolute atomic E-state index is 0.00518. The molecule has 25 heavy (non-hydrogen) atoms. The fraction of sp³-hybridized carbons (Fsp3) is 0.500. The summed E-state index contributed by atoms with van der Waals surface area (Å²) in [5.41, 5.74) is -3.38. The van der Waals surface area contributed by atoms with E-state index in [-0.39, 0.29) is 21.4 Å². The van der Waals surface area contributed by atoms with E-state index in [0.29, 0.717) is 12.8 Å². The van der Waals surface area contributed by atoms with Crippen molar-refractivity contribution in [2.24, 2.45) is 10.8 Å². The summed E-state index contributed by atoms with van der Waals surface area (Å²) in [4.78, 5) is 35.8. The standard InChI is InChI=1S/C16H16Cl2N2O5/c1-14(2)15(3)4-5-16(14,25-13(15)22)12(21)19-10-6-8(17)9(18)7-11(10)20(23)24/h6-7H,4-5H2,1-3H3,(H,19,21). The first-order chi connectivity index (χ1) is 11.5. The number of rotatable bonds is 3. The van der Waals surface area contributed by atoms with E-state index >= 15 is 0 Å². The quantitative estimate of drug-likeness (QED) is 0.481. The number of nitro benzene ring substituents is 1. The smallest absolute Gasteiger partial charge is 0.313 e. The molecule has 2 atom stereocenters. The van der Waals surface area contributed by atoms with Crippen LogP contribution in [0.25, 0.3) is 0 Å². The van der Waals surface area contributed by atoms with Gasteiger partial charge in [0.1, 0.15) is 5.69 Å². The first-order valence-electron chi connectivity index (χ1n) is 7.65. The molecule has 1 saturated carbocycles. The van der Waals surface area contributed by atoms with Crippen LogP contribution in [0.1, 0.15) is 33.6 Å². The van der Waals surface area contributed by atoms with Gasteiger partial charge in [0.15, 0.2) is 5.60 Å². The largest absolute Gasteiger partial charge is 0.448 e. The van der Waals surface area contributed by atoms with Gasteiger partial charge in [0.05, 0.1) is 20.4 Å². The maximum Gasteiger partial charge on any atom is 0.313 e. The molecule has 1 heterocycles. The van der Waals surface area contributed by atoms with Crippen LogP contribution in [0.3, 0.4) is 0 Å². The van der Waals surface area contributed by atoms with E-state index in [4.69, 9.17) is 27.9 Å². The summed E-state index contributed by atoms with van der Waals surface area (Å²) in [5.74, 6) is -1.03. The molecule has 1 aliphatic heterocycles. The second-order valence-electron chi connectivity index (χ2n) is 7.17. The van der Waals surface area contributed by atoms with E-state index in [1.54, 1.807) is 20.8 Å². The number of carbonyl (C=O) groups excluding carboxylic acids is 2. The van der Waals surface area contributed by atoms with Gasteiger partial charge < -0.3 is 10.1 Å². The Labute approximate surface area is 153 Å². The van der Waals surface area contributed by atoms with E-state index in [2.05, 4.69) is 5.32 Å². The average Bonchev–Trinajstić information content (AvgIpc) is 2.80. The number of amides is 1. The van der Waals surface area contributed by atoms with E-state index < -0.39 is 33.2 Å². The molecule has 1 aromatic carbocycles. The Morgan fingerprint density at radius 1 is 1.24 bits per heavy atom. The molecule has 9 heteroatoms. The summed E-state index contributed by atoms with van der Waals surface area (Å²) in [6.45, 7) is 5.38. The number of esters is 1. The second-order valence-corrected chi connectivity index (χ2v) is 7.98. The molecule has 1 aliphatic carbocycles. The van der Waals surface area contributed by atoms with Crippen LogP contribution < -0.4 is 5.32 Å². The van der Waals surface area contributed by atoms with Crippen LogP contribution in [0.5, 0.6) is 0 Å². The molecule has 2 aliphatic rings. The lowest BCUT2D eigenvalue weighted by atomic mass is 9.66. The minimum atomic E-state index is -1.38. The van der Waals surface area contributed by atoms with Crippen molar-refractivity contribution in [1.82, 2.24) is 0 Å². The third-order valence-electron chi connectivity index (χ3n) is 5.93. The highest BCUT2D eigenvalue weighted by atomic mass is 35.5. The van der Waals surface area contributed by atoms with Crippen LogP contribution >= 0.6 is 23.2 Å². The number of fused-ring (bicyclic) bond motifs is 2. The molecule has 0 aromatic heterocycles. The monoisotopic (exact) mass is 386 g/mol. The van der Waals surface area contributed by atoms with Crippen LogP contribution in [0.2, 0.25) is 10.0 Å². The zero-order valence-electron chi connectivity index (χ0n) is 13.8. The van der Waals surface area contributed by atoms with Crippen LogP contribution in [0.4, 0.5) is 11.4 Å². The van der Waals surface area contributed by atoms with Crippen molar-refractivity contribution in [1.29, 1.82) is 0 Å². The van der Waals surface area contributed by atoms with Gasteiger partial charge in [-0.1, -0.05) is 37.0 Å². The lowest BCUT2D eigenvalue weighted by Crippen LogP contribution is -2.50. The molecule has 1 N–H and O–H groups in total. The number of halogens is 2. The van der Waals surface area contributed by atoms with Gasteiger partial charge in [0, 0.05) is 11.5 Å². The molecule has 134 valence electrons. The summed E-state index contributed by atoms with van der Waals surface area (Å²) in [6.07, 6.45) is 0.860. The number of anilines is 1. The highest BCUT2D eigenvalue weighted by molar-refractivity contribution is 6.42. The first kappa shape index (κ1) is 17.9. The SMILES string of the molecule is CC12CCC(C(=O)Nc3cc(Cl)c(Cl)cc3[N+](=O)[O-])(OC1=O)C2(C)C. The van der Waals surface area contributed by atoms with Crippen molar-refractivity contribution < 1.29 is 19.2 Å². The summed E-state index contributed by atoms with van der Waals surface area (Å²) in [5, 5.41) is 13.8. The van der Waals surface area contributed by atoms with Crippen LogP contribution in [-0.4, -0.2) is 22.4 Å². The summed E-state index contributed by atoms with van der Waals surface area (Å²) in [6, 6.07) is 2.29. The van der Waals surface area contributed by atoms with Crippen molar-refractivity contribution in [3.63, 3.8) is 0 Å². The lowest BCUT2D eigenvalue weighted by molar-refractivity contribution is -0.383. The molecule has 1 saturated heterocycles. The first-order valence-corrected chi connectivity index (χ1v) is 8.40. The summed E-state index contributed by atoms with van der Waals surface area (Å²) < 4.78 is 5.47. The molecule has 2 bridgehead atoms. The number of nitrogens with one attached hydrogen (secondary N) is 1. The second kappa shape index (κ2) is 5.32. The Balaban J connectivity index is 2.01. The molecule has 3 rings (SSSR count). The number of hydrogen-bond acceptors (Lipinski definition) is 5. The molecule has 1 amide bonds. The number of hydrogen-bond donors (Lipinski definition) is 1. The molecule has 2 unspecified atom stereocenters. The van der Waals surface area contributed by atoms with Gasteiger partial charge in [-0.05, 0) is 25.8 Å². The zero-order valence-corrected chi connectivity index (χ0v) is 15.3. The third-order valence-corrected chi connectivity index (χ3v) is 6.66. The lowest BCUT2D eigenvalue weighted by Gasteiger charge is -2.35. The Bertz CT molecular complexity index is 825. The number of ether oxygens (including phenoxy) is 1. The fourth-order valence-electron chi connectivity index (χ4n) is 3.76. The maximum atomic E-state index is 13.0. The van der Waals surface area contributed by atoms with E-state index in [1.165, 1.54) is 6.07 Å². The van der Waals surface area contributed by atoms with Crippen LogP contribution in [0, 0.1) is 20.9 Å². The average molecular weight is 387 g/mol. The Hall–Kier alpha value is -1.86. The Morgan fingerprint density at radius 2 is 1.84 bits per heavy atom. The van der Waals surface area contributed by atoms with Gasteiger partial charge in [0.25, 0.3) is 11.6 Å². The van der Waals surface area contributed by atoms with Gasteiger partial charge in [-0.25, -0.2) is 0 Å². The van der Waals surface area contributed by atoms with Gasteiger partial charge in [0.2, 0.25) is 0 Å². The van der Waals surface area contributed by atoms with E-state index in [1.807, 2.05) is 0 Å². The van der Waals surface area contributed by atoms with Crippen LogP contribution in [-0.2, 0) is 14.3 Å². The Kier molecular flexibility index (Phi) is 3.82. The Morgan fingerprint density at radius 3 is 2.32 bits per heavy atom. The molecule has 2 fully saturated rings. The highest BCUT2D eigenvalue weighted by Gasteiger charge is 2.75. The highest BCUT2D eigenvalue weighted by Crippen LogP contribution is 2.65. The summed E-state index contributed by atoms with van der Waals surface area (Å²) in [7, 11) is 0. The number of nitro groups is 1. The third kappa shape index (κ3) is 2.18. The van der Waals surface area contributed by atoms with Gasteiger partial charge in [-0.3, -0.25) is 19.7 Å². The van der Waals surface area contributed by atoms with E-state index in [9.17, 15) is 19.7 Å². The molecule has 0 spiro atoms. The minimum Gasteiger partial charge on any atom is -0.448 e. The van der Waals surface area contributed by atoms with Gasteiger partial charge >= 0.3 is 5.97 Å². The van der Waals surface area contributed by atoms with Crippen molar-refractivity contribution in [3.8, 4) is 0 Å². The molecule has 7 nitrogen and oxygen atoms in total. The fourth-order valence-corrected chi connectivity index (χ4v) is 4.08. The predicted octanol–water partition coefficient (Wildman–Crippen LogP) is 3.96. The molecular formula is C16H16Cl2N2O5. The topological polar surface area (TPSA) is 98.5 Å². The van der Waals surface area contributed by atoms with Crippen molar-refractivity contribution in [2.75, 3.05) is 5.32 Å². The van der Waals surface area contributed by atoms with E-state index in [0.717, 1.165) is 6.07 Å². The van der Waals surface area contributed by atoms with Crippen molar-refractivity contribution in [2.45, 2.75) is 39.2 Å². The van der Waals surface area contributed by atoms with Crippen molar-refractivity contribution >= 4 is 46.5 Å². The number of benzene rings is 1. The van der Waals surface area contributed by atoms with Gasteiger partial charge in [-0.2, -0.15) is 0 Å². The number of carbonyl (C=O) groups is 2. The molecule has 1 aromatic rings. The van der Waals surface area contributed by atoms with Gasteiger partial charge in [-0.15, -0.1) is 0 Å². The van der Waals surface area contributed by atoms with Crippen molar-refractivity contribution in [3.05, 3.63) is 32.3 Å². The number of nitrogens with zero attached hydrogens (tertiary/aromatic N) is 1.